The van der Waals surface area contributed by atoms with E-state index in [0.717, 1.165) is 55.7 Å². The van der Waals surface area contributed by atoms with Crippen LogP contribution in [0.4, 0.5) is 0 Å². The van der Waals surface area contributed by atoms with E-state index in [2.05, 4.69) is 75.8 Å². The van der Waals surface area contributed by atoms with Crippen LogP contribution in [0.2, 0.25) is 0 Å². The van der Waals surface area contributed by atoms with Crippen molar-refractivity contribution >= 4 is 17.7 Å². The molecule has 1 atom stereocenters. The van der Waals surface area contributed by atoms with Crippen molar-refractivity contribution < 1.29 is 0 Å². The molecular weight excluding hydrogens is 404 g/mol. The third kappa shape index (κ3) is 7.27. The van der Waals surface area contributed by atoms with Gasteiger partial charge in [0.05, 0.1) is 0 Å². The summed E-state index contributed by atoms with van der Waals surface area (Å²) in [5.74, 6) is 2.03. The molecule has 1 aromatic heterocycles. The summed E-state index contributed by atoms with van der Waals surface area (Å²) in [6, 6.07) is 11.6. The molecule has 2 aromatic rings. The number of thioether (sulfide) groups is 1. The number of aryl methyl sites for hydroxylation is 2. The monoisotopic (exact) mass is 442 g/mol. The maximum Gasteiger partial charge on any atom is 0.191 e. The standard InChI is InChI=1S/C24H38N6S/c1-4-25-23(27-19(2)16-17-20-11-6-5-7-12-20)26-18-10-15-22-28-29-24(31-3)30(22)21-13-8-9-14-21/h5-7,11-12,19,21H,4,8-10,13-18H2,1-3H3,(H2,25,26,27). The third-order valence-corrected chi connectivity index (χ3v) is 6.52. The molecule has 1 saturated carbocycles. The highest BCUT2D eigenvalue weighted by atomic mass is 32.2. The van der Waals surface area contributed by atoms with Crippen molar-refractivity contribution in [3.05, 3.63) is 41.7 Å². The Hall–Kier alpha value is -2.02. The van der Waals surface area contributed by atoms with Crippen LogP contribution >= 0.6 is 11.8 Å². The number of hydrogen-bond donors (Lipinski definition) is 2. The van der Waals surface area contributed by atoms with Crippen molar-refractivity contribution in [1.29, 1.82) is 0 Å². The van der Waals surface area contributed by atoms with Crippen LogP contribution in [0.3, 0.4) is 0 Å². The smallest absolute Gasteiger partial charge is 0.191 e. The molecule has 1 aliphatic carbocycles. The molecule has 31 heavy (non-hydrogen) atoms. The lowest BCUT2D eigenvalue weighted by molar-refractivity contribution is 0.461. The molecule has 6 nitrogen and oxygen atoms in total. The van der Waals surface area contributed by atoms with Crippen LogP contribution in [0.15, 0.2) is 40.5 Å². The molecule has 7 heteroatoms. The Balaban J connectivity index is 1.49. The minimum atomic E-state index is 0.368. The first kappa shape index (κ1) is 23.6. The maximum absolute atomic E-state index is 4.81. The molecule has 3 rings (SSSR count). The Labute approximate surface area is 191 Å². The van der Waals surface area contributed by atoms with E-state index < -0.39 is 0 Å². The van der Waals surface area contributed by atoms with Gasteiger partial charge in [-0.15, -0.1) is 10.2 Å². The minimum absolute atomic E-state index is 0.368. The first-order chi connectivity index (χ1) is 15.2. The van der Waals surface area contributed by atoms with Crippen molar-refractivity contribution in [1.82, 2.24) is 25.4 Å². The fourth-order valence-electron chi connectivity index (χ4n) is 4.23. The van der Waals surface area contributed by atoms with Gasteiger partial charge in [-0.2, -0.15) is 0 Å². The molecule has 0 aliphatic heterocycles. The molecule has 0 amide bonds. The van der Waals surface area contributed by atoms with Crippen molar-refractivity contribution in [3.63, 3.8) is 0 Å². The van der Waals surface area contributed by atoms with Gasteiger partial charge < -0.3 is 15.2 Å². The summed E-state index contributed by atoms with van der Waals surface area (Å²) in [4.78, 5) is 4.81. The van der Waals surface area contributed by atoms with Crippen LogP contribution in [0.25, 0.3) is 0 Å². The van der Waals surface area contributed by atoms with E-state index in [-0.39, 0.29) is 0 Å². The Morgan fingerprint density at radius 3 is 2.68 bits per heavy atom. The number of nitrogens with zero attached hydrogens (tertiary/aromatic N) is 4. The maximum atomic E-state index is 4.81. The number of guanidine groups is 1. The Morgan fingerprint density at radius 1 is 1.19 bits per heavy atom. The van der Waals surface area contributed by atoms with E-state index in [9.17, 15) is 0 Å². The summed E-state index contributed by atoms with van der Waals surface area (Å²) in [5, 5.41) is 16.9. The highest BCUT2D eigenvalue weighted by Crippen LogP contribution is 2.33. The predicted molar refractivity (Wildman–Crippen MR) is 131 cm³/mol. The first-order valence-electron chi connectivity index (χ1n) is 11.8. The predicted octanol–water partition coefficient (Wildman–Crippen LogP) is 4.62. The lowest BCUT2D eigenvalue weighted by Gasteiger charge is -2.18. The molecule has 0 spiro atoms. The van der Waals surface area contributed by atoms with Crippen LogP contribution in [0, 0.1) is 0 Å². The summed E-state index contributed by atoms with van der Waals surface area (Å²) in [6.07, 6.45) is 11.3. The van der Waals surface area contributed by atoms with Gasteiger partial charge in [-0.1, -0.05) is 54.9 Å². The molecular formula is C24H38N6S. The van der Waals surface area contributed by atoms with E-state index in [0.29, 0.717) is 12.1 Å². The largest absolute Gasteiger partial charge is 0.357 e. The van der Waals surface area contributed by atoms with E-state index in [4.69, 9.17) is 4.99 Å². The number of aliphatic imine (C=N–C) groups is 1. The van der Waals surface area contributed by atoms with Gasteiger partial charge in [0.2, 0.25) is 0 Å². The fourth-order valence-corrected chi connectivity index (χ4v) is 4.80. The zero-order valence-electron chi connectivity index (χ0n) is 19.3. The van der Waals surface area contributed by atoms with Crippen LogP contribution in [-0.2, 0) is 12.8 Å². The van der Waals surface area contributed by atoms with Crippen molar-refractivity contribution in [2.75, 3.05) is 19.3 Å². The van der Waals surface area contributed by atoms with Gasteiger partial charge in [-0.3, -0.25) is 4.99 Å². The topological polar surface area (TPSA) is 67.1 Å². The molecule has 0 bridgehead atoms. The van der Waals surface area contributed by atoms with E-state index in [1.165, 1.54) is 31.2 Å². The lowest BCUT2D eigenvalue weighted by atomic mass is 10.1. The quantitative estimate of drug-likeness (QED) is 0.230. The Morgan fingerprint density at radius 2 is 1.97 bits per heavy atom. The van der Waals surface area contributed by atoms with Crippen molar-refractivity contribution in [3.8, 4) is 0 Å². The van der Waals surface area contributed by atoms with E-state index in [1.807, 2.05) is 0 Å². The molecule has 2 N–H and O–H groups in total. The minimum Gasteiger partial charge on any atom is -0.357 e. The van der Waals surface area contributed by atoms with Crippen LogP contribution in [0.5, 0.6) is 0 Å². The van der Waals surface area contributed by atoms with Crippen molar-refractivity contribution in [2.45, 2.75) is 82.5 Å². The third-order valence-electron chi connectivity index (χ3n) is 5.87. The van der Waals surface area contributed by atoms with Gasteiger partial charge in [0.15, 0.2) is 11.1 Å². The zero-order valence-corrected chi connectivity index (χ0v) is 20.1. The van der Waals surface area contributed by atoms with Crippen LogP contribution in [0.1, 0.15) is 69.8 Å². The van der Waals surface area contributed by atoms with Gasteiger partial charge in [-0.25, -0.2) is 0 Å². The summed E-state index contributed by atoms with van der Waals surface area (Å²) < 4.78 is 2.40. The normalized spacial score (nSPS) is 15.9. The SMILES string of the molecule is CCNC(=NCCCc1nnc(SC)n1C1CCCC1)NC(C)CCc1ccccc1. The number of benzene rings is 1. The van der Waals surface area contributed by atoms with Gasteiger partial charge >= 0.3 is 0 Å². The second-order valence-corrected chi connectivity index (χ2v) is 9.12. The van der Waals surface area contributed by atoms with Crippen LogP contribution in [-0.4, -0.2) is 46.1 Å². The molecule has 1 unspecified atom stereocenters. The first-order valence-corrected chi connectivity index (χ1v) is 13.0. The molecule has 170 valence electrons. The van der Waals surface area contributed by atoms with Crippen LogP contribution < -0.4 is 10.6 Å². The second-order valence-electron chi connectivity index (χ2n) is 8.35. The number of rotatable bonds is 11. The number of hydrogen-bond acceptors (Lipinski definition) is 4. The average molecular weight is 443 g/mol. The molecule has 1 aromatic carbocycles. The van der Waals surface area contributed by atoms with Gasteiger partial charge in [-0.05, 0) is 57.8 Å². The van der Waals surface area contributed by atoms with E-state index >= 15 is 0 Å². The molecule has 1 aliphatic rings. The highest BCUT2D eigenvalue weighted by Gasteiger charge is 2.23. The molecule has 1 heterocycles. The van der Waals surface area contributed by atoms with E-state index in [1.54, 1.807) is 11.8 Å². The van der Waals surface area contributed by atoms with Gasteiger partial charge in [0.25, 0.3) is 0 Å². The van der Waals surface area contributed by atoms with Crippen molar-refractivity contribution in [2.24, 2.45) is 4.99 Å². The Bertz CT molecular complexity index is 798. The molecule has 0 radical (unpaired) electrons. The highest BCUT2D eigenvalue weighted by molar-refractivity contribution is 7.98. The number of aromatic nitrogens is 3. The summed E-state index contributed by atoms with van der Waals surface area (Å²) in [6.45, 7) is 5.99. The number of nitrogens with one attached hydrogen (secondary N) is 2. The summed E-state index contributed by atoms with van der Waals surface area (Å²) >= 11 is 1.71. The summed E-state index contributed by atoms with van der Waals surface area (Å²) in [5.41, 5.74) is 1.38. The fraction of sp³-hybridized carbons (Fsp3) is 0.625. The molecule has 0 saturated heterocycles. The van der Waals surface area contributed by atoms with Gasteiger partial charge in [0.1, 0.15) is 5.82 Å². The Kier molecular flexibility index (Phi) is 9.72. The average Bonchev–Trinajstić information content (AvgIpc) is 3.45. The summed E-state index contributed by atoms with van der Waals surface area (Å²) in [7, 11) is 0. The molecule has 1 fully saturated rings. The second kappa shape index (κ2) is 12.7. The zero-order chi connectivity index (χ0) is 21.9. The van der Waals surface area contributed by atoms with Gasteiger partial charge in [0, 0.05) is 31.6 Å². The lowest BCUT2D eigenvalue weighted by Crippen LogP contribution is -2.42.